The Bertz CT molecular complexity index is 1550. The molecule has 15 heteroatoms. The molecule has 0 spiro atoms. The number of carboxylic acid groups (broad SMARTS) is 1. The molecule has 6 rings (SSSR count). The lowest BCUT2D eigenvalue weighted by molar-refractivity contribution is -0.150. The summed E-state index contributed by atoms with van der Waals surface area (Å²) in [7, 11) is 0. The zero-order valence-corrected chi connectivity index (χ0v) is 24.0. The average molecular weight is 612 g/mol. The second-order valence-electron chi connectivity index (χ2n) is 9.48. The second kappa shape index (κ2) is 11.6. The van der Waals surface area contributed by atoms with E-state index in [9.17, 15) is 19.5 Å². The number of fused-ring (bicyclic) bond motifs is 1. The number of aromatic nitrogens is 3. The third-order valence-electron chi connectivity index (χ3n) is 6.83. The van der Waals surface area contributed by atoms with Crippen molar-refractivity contribution in [2.75, 3.05) is 11.5 Å². The summed E-state index contributed by atoms with van der Waals surface area (Å²) >= 11 is 3.79. The number of nitrogens with zero attached hydrogens (tertiary/aromatic N) is 5. The van der Waals surface area contributed by atoms with Gasteiger partial charge in [0.25, 0.3) is 11.8 Å². The van der Waals surface area contributed by atoms with Gasteiger partial charge in [-0.1, -0.05) is 35.1 Å². The third kappa shape index (κ3) is 5.44. The van der Waals surface area contributed by atoms with Crippen molar-refractivity contribution in [1.29, 1.82) is 0 Å². The molecule has 12 nitrogen and oxygen atoms in total. The van der Waals surface area contributed by atoms with Crippen molar-refractivity contribution in [3.8, 4) is 5.69 Å². The van der Waals surface area contributed by atoms with Gasteiger partial charge in [0.2, 0.25) is 0 Å². The van der Waals surface area contributed by atoms with Gasteiger partial charge in [-0.15, -0.1) is 23.1 Å². The van der Waals surface area contributed by atoms with Crippen LogP contribution < -0.4 is 11.1 Å². The Balaban J connectivity index is 1.20. The van der Waals surface area contributed by atoms with Crippen LogP contribution in [0.2, 0.25) is 0 Å². The number of hydrogen-bond acceptors (Lipinski definition) is 11. The minimum Gasteiger partial charge on any atom is -0.477 e. The second-order valence-corrected chi connectivity index (χ2v) is 12.6. The Labute approximate surface area is 247 Å². The van der Waals surface area contributed by atoms with Gasteiger partial charge in [-0.05, 0) is 43.9 Å². The molecule has 0 radical (unpaired) electrons. The SMILES string of the molecule is Nc1nc(/C(=N\OC2CCCC2)C(=O)N[C@@H]2C(=O)N3C(C(=O)O)=C(Sc4ccnn4-c4ccccc4)CS[C@H]23)cs1. The number of anilines is 1. The number of nitrogen functional groups attached to an aromatic ring is 1. The molecule has 41 heavy (non-hydrogen) atoms. The maximum atomic E-state index is 13.3. The molecule has 2 amide bonds. The molecule has 1 aliphatic carbocycles. The van der Waals surface area contributed by atoms with Crippen molar-refractivity contribution >= 4 is 63.5 Å². The average Bonchev–Trinajstić information content (AvgIpc) is 3.75. The number of hydrogen-bond donors (Lipinski definition) is 3. The van der Waals surface area contributed by atoms with Gasteiger partial charge >= 0.3 is 5.97 Å². The molecule has 2 aliphatic heterocycles. The minimum absolute atomic E-state index is 0.0728. The lowest BCUT2D eigenvalue weighted by Crippen LogP contribution is -2.71. The summed E-state index contributed by atoms with van der Waals surface area (Å²) in [5, 5.41) is 23.3. The summed E-state index contributed by atoms with van der Waals surface area (Å²) in [5.74, 6) is -2.04. The van der Waals surface area contributed by atoms with E-state index in [4.69, 9.17) is 10.6 Å². The first kappa shape index (κ1) is 27.4. The summed E-state index contributed by atoms with van der Waals surface area (Å²) in [5.41, 5.74) is 6.69. The topological polar surface area (TPSA) is 165 Å². The monoisotopic (exact) mass is 611 g/mol. The van der Waals surface area contributed by atoms with Crippen LogP contribution in [0, 0.1) is 0 Å². The molecule has 2 atom stereocenters. The number of thioether (sulfide) groups is 2. The van der Waals surface area contributed by atoms with Crippen molar-refractivity contribution in [3.05, 3.63) is 64.3 Å². The van der Waals surface area contributed by atoms with E-state index in [0.29, 0.717) is 15.7 Å². The molecule has 1 saturated heterocycles. The Morgan fingerprint density at radius 1 is 1.20 bits per heavy atom. The van der Waals surface area contributed by atoms with E-state index in [-0.39, 0.29) is 28.3 Å². The van der Waals surface area contributed by atoms with E-state index >= 15 is 0 Å². The van der Waals surface area contributed by atoms with Gasteiger partial charge in [-0.25, -0.2) is 14.5 Å². The number of oxime groups is 1. The predicted octanol–water partition coefficient (Wildman–Crippen LogP) is 3.06. The molecule has 2 fully saturated rings. The van der Waals surface area contributed by atoms with Crippen LogP contribution in [0.3, 0.4) is 0 Å². The van der Waals surface area contributed by atoms with Crippen molar-refractivity contribution in [2.45, 2.75) is 48.2 Å². The van der Waals surface area contributed by atoms with Gasteiger partial charge in [0.05, 0.1) is 11.9 Å². The number of aliphatic carboxylic acids is 1. The molecule has 1 saturated carbocycles. The van der Waals surface area contributed by atoms with Crippen molar-refractivity contribution < 1.29 is 24.3 Å². The molecular formula is C26H25N7O5S3. The Morgan fingerprint density at radius 2 is 1.98 bits per heavy atom. The molecular weight excluding hydrogens is 587 g/mol. The van der Waals surface area contributed by atoms with E-state index in [2.05, 4.69) is 20.6 Å². The highest BCUT2D eigenvalue weighted by Crippen LogP contribution is 2.45. The zero-order valence-electron chi connectivity index (χ0n) is 21.5. The maximum absolute atomic E-state index is 13.3. The molecule has 2 aromatic heterocycles. The number of carboxylic acids is 1. The first-order valence-electron chi connectivity index (χ1n) is 12.8. The van der Waals surface area contributed by atoms with E-state index in [0.717, 1.165) is 42.7 Å². The minimum atomic E-state index is -1.22. The molecule has 1 aromatic carbocycles. The fourth-order valence-corrected chi connectivity index (χ4v) is 7.94. The zero-order chi connectivity index (χ0) is 28.5. The standard InChI is InChI=1S/C26H25N7O5S3/c27-26-29-16(12-40-26)19(31-38-15-8-4-5-9-15)22(34)30-20-23(35)32-21(25(36)37)17(13-39-24(20)32)41-18-10-11-28-33(18)14-6-2-1-3-7-14/h1-3,6-7,10-12,15,20,24H,4-5,8-9,13H2,(H2,27,29)(H,30,34)(H,36,37)/b31-19+/t20-,24-/m1/s1. The first-order valence-corrected chi connectivity index (χ1v) is 15.6. The largest absolute Gasteiger partial charge is 0.477 e. The Hall–Kier alpha value is -3.82. The molecule has 212 valence electrons. The quantitative estimate of drug-likeness (QED) is 0.186. The van der Waals surface area contributed by atoms with Gasteiger partial charge < -0.3 is 21.0 Å². The number of benzene rings is 1. The number of rotatable bonds is 9. The van der Waals surface area contributed by atoms with Crippen LogP contribution in [0.1, 0.15) is 31.4 Å². The van der Waals surface area contributed by atoms with Gasteiger partial charge in [-0.3, -0.25) is 14.5 Å². The van der Waals surface area contributed by atoms with Crippen LogP contribution >= 0.6 is 34.9 Å². The molecule has 3 aromatic rings. The summed E-state index contributed by atoms with van der Waals surface area (Å²) in [6.07, 6.45) is 5.32. The van der Waals surface area contributed by atoms with Crippen LogP contribution in [0.15, 0.2) is 68.8 Å². The molecule has 0 bridgehead atoms. The molecule has 0 unspecified atom stereocenters. The van der Waals surface area contributed by atoms with Gasteiger partial charge in [-0.2, -0.15) is 5.10 Å². The Kier molecular flexibility index (Phi) is 7.73. The fourth-order valence-electron chi connectivity index (χ4n) is 4.86. The van der Waals surface area contributed by atoms with Crippen LogP contribution in [-0.4, -0.2) is 71.5 Å². The maximum Gasteiger partial charge on any atom is 0.353 e. The van der Waals surface area contributed by atoms with Crippen molar-refractivity contribution in [1.82, 2.24) is 25.0 Å². The number of carbonyl (C=O) groups is 3. The van der Waals surface area contributed by atoms with Crippen LogP contribution in [-0.2, 0) is 19.2 Å². The number of nitrogens with two attached hydrogens (primary N) is 1. The highest BCUT2D eigenvalue weighted by molar-refractivity contribution is 8.06. The number of nitrogens with one attached hydrogen (secondary N) is 1. The third-order valence-corrected chi connectivity index (χ3v) is 10.1. The summed E-state index contributed by atoms with van der Waals surface area (Å²) in [4.78, 5) is 50.5. The number of para-hydroxylation sites is 1. The molecule has 4 heterocycles. The lowest BCUT2D eigenvalue weighted by atomic mass is 10.0. The van der Waals surface area contributed by atoms with E-state index in [1.54, 1.807) is 22.3 Å². The number of amides is 2. The van der Waals surface area contributed by atoms with Crippen LogP contribution in [0.4, 0.5) is 5.13 Å². The van der Waals surface area contributed by atoms with E-state index < -0.39 is 29.2 Å². The van der Waals surface area contributed by atoms with Gasteiger partial charge in [0, 0.05) is 16.0 Å². The van der Waals surface area contributed by atoms with Crippen molar-refractivity contribution in [3.63, 3.8) is 0 Å². The molecule has 4 N–H and O–H groups in total. The summed E-state index contributed by atoms with van der Waals surface area (Å²) in [6, 6.07) is 10.3. The predicted molar refractivity (Wildman–Crippen MR) is 156 cm³/mol. The number of thiazole rings is 1. The van der Waals surface area contributed by atoms with Crippen LogP contribution in [0.25, 0.3) is 5.69 Å². The van der Waals surface area contributed by atoms with E-state index in [1.165, 1.54) is 28.4 Å². The number of carbonyl (C=O) groups excluding carboxylic acids is 2. The smallest absolute Gasteiger partial charge is 0.353 e. The van der Waals surface area contributed by atoms with Gasteiger partial charge in [0.15, 0.2) is 10.8 Å². The van der Waals surface area contributed by atoms with Crippen molar-refractivity contribution in [2.24, 2.45) is 5.16 Å². The first-order chi connectivity index (χ1) is 19.9. The van der Waals surface area contributed by atoms with Gasteiger partial charge in [0.1, 0.15) is 33.9 Å². The Morgan fingerprint density at radius 3 is 2.68 bits per heavy atom. The van der Waals surface area contributed by atoms with Crippen LogP contribution in [0.5, 0.6) is 0 Å². The summed E-state index contributed by atoms with van der Waals surface area (Å²) in [6.45, 7) is 0. The summed E-state index contributed by atoms with van der Waals surface area (Å²) < 4.78 is 1.72. The lowest BCUT2D eigenvalue weighted by Gasteiger charge is -2.49. The fraction of sp³-hybridized carbons (Fsp3) is 0.308. The highest BCUT2D eigenvalue weighted by Gasteiger charge is 2.54. The molecule has 3 aliphatic rings. The van der Waals surface area contributed by atoms with E-state index in [1.807, 2.05) is 30.3 Å². The number of β-lactam (4-membered cyclic amide) rings is 1. The highest BCUT2D eigenvalue weighted by atomic mass is 32.2. The normalized spacial score (nSPS) is 21.0.